The van der Waals surface area contributed by atoms with Gasteiger partial charge in [-0.15, -0.1) is 16.8 Å². The summed E-state index contributed by atoms with van der Waals surface area (Å²) in [6, 6.07) is 10.8. The van der Waals surface area contributed by atoms with Crippen LogP contribution in [-0.2, 0) is 22.6 Å². The van der Waals surface area contributed by atoms with Gasteiger partial charge in [0.2, 0.25) is 11.8 Å². The van der Waals surface area contributed by atoms with Crippen LogP contribution in [0.2, 0.25) is 10.0 Å². The molecule has 0 bridgehead atoms. The van der Waals surface area contributed by atoms with E-state index in [4.69, 9.17) is 23.2 Å². The van der Waals surface area contributed by atoms with Gasteiger partial charge in [-0.2, -0.15) is 0 Å². The first-order chi connectivity index (χ1) is 15.8. The highest BCUT2D eigenvalue weighted by Crippen LogP contribution is 2.29. The minimum Gasteiger partial charge on any atom is -0.326 e. The maximum atomic E-state index is 12.6. The van der Waals surface area contributed by atoms with Gasteiger partial charge in [-0.05, 0) is 49.2 Å². The molecule has 0 saturated carbocycles. The van der Waals surface area contributed by atoms with E-state index < -0.39 is 0 Å². The highest BCUT2D eigenvalue weighted by molar-refractivity contribution is 7.99. The van der Waals surface area contributed by atoms with E-state index >= 15 is 0 Å². The van der Waals surface area contributed by atoms with Crippen molar-refractivity contribution in [2.45, 2.75) is 32.0 Å². The highest BCUT2D eigenvalue weighted by Gasteiger charge is 2.17. The molecule has 0 radical (unpaired) electrons. The first-order valence-corrected chi connectivity index (χ1v) is 11.8. The summed E-state index contributed by atoms with van der Waals surface area (Å²) in [7, 11) is 0. The van der Waals surface area contributed by atoms with Gasteiger partial charge in [-0.3, -0.25) is 9.59 Å². The van der Waals surface area contributed by atoms with Crippen molar-refractivity contribution in [1.82, 2.24) is 14.8 Å². The van der Waals surface area contributed by atoms with E-state index in [9.17, 15) is 9.59 Å². The molecule has 1 aromatic heterocycles. The summed E-state index contributed by atoms with van der Waals surface area (Å²) >= 11 is 13.3. The van der Waals surface area contributed by atoms with Gasteiger partial charge in [0.1, 0.15) is 5.82 Å². The Bertz CT molecular complexity index is 1200. The van der Waals surface area contributed by atoms with Gasteiger partial charge in [-0.1, -0.05) is 53.2 Å². The zero-order chi connectivity index (χ0) is 24.0. The molecule has 0 aliphatic rings. The van der Waals surface area contributed by atoms with Crippen molar-refractivity contribution in [2.75, 3.05) is 16.4 Å². The Hall–Kier alpha value is -2.81. The molecule has 0 spiro atoms. The molecule has 10 heteroatoms. The molecule has 2 aromatic carbocycles. The van der Waals surface area contributed by atoms with Crippen LogP contribution in [0.4, 0.5) is 11.4 Å². The Morgan fingerprint density at radius 3 is 2.61 bits per heavy atom. The Kier molecular flexibility index (Phi) is 8.55. The molecule has 2 N–H and O–H groups in total. The molecular weight excluding hydrogens is 481 g/mol. The van der Waals surface area contributed by atoms with Gasteiger partial charge in [0.15, 0.2) is 5.16 Å². The van der Waals surface area contributed by atoms with Crippen LogP contribution in [-0.4, -0.2) is 32.3 Å². The maximum Gasteiger partial charge on any atom is 0.234 e. The van der Waals surface area contributed by atoms with Crippen molar-refractivity contribution in [1.29, 1.82) is 0 Å². The monoisotopic (exact) mass is 503 g/mol. The molecule has 33 heavy (non-hydrogen) atoms. The number of carbonyl (C=O) groups is 2. The summed E-state index contributed by atoms with van der Waals surface area (Å²) in [5.41, 5.74) is 3.41. The van der Waals surface area contributed by atoms with E-state index in [0.29, 0.717) is 28.2 Å². The minimum atomic E-state index is -0.272. The first-order valence-electron chi connectivity index (χ1n) is 10.0. The molecule has 0 fully saturated rings. The fraction of sp³-hybridized carbons (Fsp3) is 0.217. The first kappa shape index (κ1) is 24.8. The number of thioether (sulfide) groups is 1. The van der Waals surface area contributed by atoms with E-state index in [1.165, 1.54) is 11.8 Å². The Morgan fingerprint density at radius 1 is 1.09 bits per heavy atom. The lowest BCUT2D eigenvalue weighted by Crippen LogP contribution is -2.18. The van der Waals surface area contributed by atoms with Gasteiger partial charge in [0.25, 0.3) is 0 Å². The molecule has 0 unspecified atom stereocenters. The third kappa shape index (κ3) is 6.60. The number of allylic oxidation sites excluding steroid dienone is 1. The average molecular weight is 504 g/mol. The molecule has 7 nitrogen and oxygen atoms in total. The normalized spacial score (nSPS) is 10.7. The van der Waals surface area contributed by atoms with Crippen molar-refractivity contribution in [3.8, 4) is 0 Å². The van der Waals surface area contributed by atoms with Gasteiger partial charge in [0, 0.05) is 12.2 Å². The highest BCUT2D eigenvalue weighted by atomic mass is 35.5. The summed E-state index contributed by atoms with van der Waals surface area (Å²) in [5.74, 6) is 0.0803. The molecule has 0 aliphatic carbocycles. The number of nitrogens with zero attached hydrogens (tertiary/aromatic N) is 3. The summed E-state index contributed by atoms with van der Waals surface area (Å²) in [5, 5.41) is 15.1. The number of hydrogen-bond donors (Lipinski definition) is 2. The van der Waals surface area contributed by atoms with E-state index in [1.54, 1.807) is 28.8 Å². The molecule has 1 heterocycles. The largest absolute Gasteiger partial charge is 0.326 e. The van der Waals surface area contributed by atoms with Crippen LogP contribution < -0.4 is 10.6 Å². The molecule has 3 aromatic rings. The number of hydrogen-bond acceptors (Lipinski definition) is 5. The van der Waals surface area contributed by atoms with Crippen molar-refractivity contribution >= 4 is 58.2 Å². The molecular formula is C23H23Cl2N5O2S. The van der Waals surface area contributed by atoms with Crippen LogP contribution in [0.3, 0.4) is 0 Å². The van der Waals surface area contributed by atoms with Crippen molar-refractivity contribution in [3.63, 3.8) is 0 Å². The Morgan fingerprint density at radius 2 is 1.88 bits per heavy atom. The van der Waals surface area contributed by atoms with Crippen LogP contribution in [0.1, 0.15) is 17.0 Å². The fourth-order valence-corrected chi connectivity index (χ4v) is 4.07. The number of amides is 2. The number of anilines is 2. The third-order valence-corrected chi connectivity index (χ3v) is 6.56. The second-order valence-electron chi connectivity index (χ2n) is 7.26. The topological polar surface area (TPSA) is 88.9 Å². The number of benzene rings is 2. The van der Waals surface area contributed by atoms with Crippen LogP contribution in [0.15, 0.2) is 54.2 Å². The maximum absolute atomic E-state index is 12.6. The zero-order valence-corrected chi connectivity index (χ0v) is 20.5. The van der Waals surface area contributed by atoms with Crippen LogP contribution in [0.25, 0.3) is 0 Å². The quantitative estimate of drug-likeness (QED) is 0.305. The predicted octanol–water partition coefficient (Wildman–Crippen LogP) is 5.30. The number of carbonyl (C=O) groups excluding carboxylic acids is 2. The molecule has 172 valence electrons. The van der Waals surface area contributed by atoms with Crippen LogP contribution in [0, 0.1) is 13.8 Å². The van der Waals surface area contributed by atoms with Gasteiger partial charge in [-0.25, -0.2) is 0 Å². The van der Waals surface area contributed by atoms with Gasteiger partial charge in [0.05, 0.1) is 27.9 Å². The van der Waals surface area contributed by atoms with Crippen molar-refractivity contribution in [2.24, 2.45) is 0 Å². The summed E-state index contributed by atoms with van der Waals surface area (Å²) in [6.07, 6.45) is 1.72. The number of nitrogens with one attached hydrogen (secondary N) is 2. The third-order valence-electron chi connectivity index (χ3n) is 4.77. The summed E-state index contributed by atoms with van der Waals surface area (Å²) < 4.78 is 1.76. The van der Waals surface area contributed by atoms with Crippen LogP contribution >= 0.6 is 35.0 Å². The second-order valence-corrected chi connectivity index (χ2v) is 8.99. The molecule has 0 saturated heterocycles. The number of rotatable bonds is 9. The molecule has 0 aliphatic heterocycles. The van der Waals surface area contributed by atoms with E-state index in [1.807, 2.05) is 32.0 Å². The lowest BCUT2D eigenvalue weighted by molar-refractivity contribution is -0.116. The lowest BCUT2D eigenvalue weighted by Gasteiger charge is -2.10. The summed E-state index contributed by atoms with van der Waals surface area (Å²) in [6.45, 7) is 8.17. The van der Waals surface area contributed by atoms with Gasteiger partial charge >= 0.3 is 0 Å². The van der Waals surface area contributed by atoms with E-state index in [0.717, 1.165) is 16.8 Å². The Balaban J connectivity index is 1.64. The Labute approximate surface area is 206 Å². The predicted molar refractivity (Wildman–Crippen MR) is 134 cm³/mol. The molecule has 0 atom stereocenters. The van der Waals surface area contributed by atoms with E-state index in [-0.39, 0.29) is 29.0 Å². The lowest BCUT2D eigenvalue weighted by atomic mass is 10.1. The molecule has 3 rings (SSSR count). The van der Waals surface area contributed by atoms with E-state index in [2.05, 4.69) is 27.4 Å². The summed E-state index contributed by atoms with van der Waals surface area (Å²) in [4.78, 5) is 24.9. The smallest absolute Gasteiger partial charge is 0.234 e. The van der Waals surface area contributed by atoms with Crippen molar-refractivity contribution in [3.05, 3.63) is 76.0 Å². The molecule has 2 amide bonds. The number of aromatic nitrogens is 3. The van der Waals surface area contributed by atoms with Crippen molar-refractivity contribution < 1.29 is 9.59 Å². The second kappa shape index (κ2) is 11.4. The minimum absolute atomic E-state index is 0.0403. The zero-order valence-electron chi connectivity index (χ0n) is 18.2. The number of halogens is 2. The van der Waals surface area contributed by atoms with Gasteiger partial charge < -0.3 is 15.2 Å². The average Bonchev–Trinajstić information content (AvgIpc) is 3.14. The van der Waals surface area contributed by atoms with Crippen LogP contribution in [0.5, 0.6) is 0 Å². The fourth-order valence-electron chi connectivity index (χ4n) is 2.95. The SMILES string of the molecule is C=CCn1c(CC(=O)Nc2ccc(C)c(C)c2)nnc1SCC(=O)Nc1cccc(Cl)c1Cl. The number of aryl methyl sites for hydroxylation is 2. The standard InChI is InChI=1S/C23H23Cl2N5O2S/c1-4-10-30-19(12-20(31)26-16-9-8-14(2)15(3)11-16)28-29-23(30)33-13-21(32)27-18-7-5-6-17(24)22(18)25/h4-9,11H,1,10,12-13H2,2-3H3,(H,26,31)(H,27,32).